The molecule has 0 aliphatic heterocycles. The molecule has 1 aromatic heterocycles. The van der Waals surface area contributed by atoms with Gasteiger partial charge in [-0.3, -0.25) is 9.59 Å². The molecule has 3 rings (SSSR count). The highest BCUT2D eigenvalue weighted by Crippen LogP contribution is 2.33. The first-order chi connectivity index (χ1) is 14.8. The summed E-state index contributed by atoms with van der Waals surface area (Å²) in [6.45, 7) is 3.26. The molecule has 0 amide bonds. The first-order valence-corrected chi connectivity index (χ1v) is 11.0. The highest BCUT2D eigenvalue weighted by atomic mass is 32.2. The minimum Gasteiger partial charge on any atom is -0.507 e. The van der Waals surface area contributed by atoms with Crippen molar-refractivity contribution < 1.29 is 27.9 Å². The van der Waals surface area contributed by atoms with Gasteiger partial charge >= 0.3 is 0 Å². The van der Waals surface area contributed by atoms with Crippen LogP contribution in [0.15, 0.2) is 64.6 Å². The van der Waals surface area contributed by atoms with Gasteiger partial charge in [-0.05, 0) is 55.3 Å². The zero-order chi connectivity index (χ0) is 22.6. The molecule has 0 saturated heterocycles. The van der Waals surface area contributed by atoms with E-state index in [1.54, 1.807) is 18.2 Å². The number of sulfone groups is 1. The Kier molecular flexibility index (Phi) is 6.50. The SMILES string of the molecule is CCc1c(OCc2cccc(S(=O)(=O)c3cc(C=O)ccn3)c2)ccc(C(C)=O)c1O. The third kappa shape index (κ3) is 4.64. The molecule has 1 N–H and O–H groups in total. The number of carbonyl (C=O) groups is 2. The molecule has 3 aromatic rings. The molecule has 31 heavy (non-hydrogen) atoms. The normalized spacial score (nSPS) is 11.2. The lowest BCUT2D eigenvalue weighted by molar-refractivity contribution is 0.101. The van der Waals surface area contributed by atoms with Gasteiger partial charge in [0.1, 0.15) is 24.4 Å². The van der Waals surface area contributed by atoms with Gasteiger partial charge in [-0.2, -0.15) is 0 Å². The molecule has 160 valence electrons. The van der Waals surface area contributed by atoms with Crippen molar-refractivity contribution in [3.63, 3.8) is 0 Å². The molecule has 7 nitrogen and oxygen atoms in total. The van der Waals surface area contributed by atoms with Crippen LogP contribution in [0.4, 0.5) is 0 Å². The summed E-state index contributed by atoms with van der Waals surface area (Å²) in [6.07, 6.45) is 2.28. The van der Waals surface area contributed by atoms with Crippen LogP contribution in [-0.2, 0) is 22.9 Å². The van der Waals surface area contributed by atoms with E-state index in [4.69, 9.17) is 4.74 Å². The maximum absolute atomic E-state index is 12.9. The molecule has 0 unspecified atom stereocenters. The molecule has 2 aromatic carbocycles. The molecule has 0 bridgehead atoms. The molecular weight excluding hydrogens is 418 g/mol. The third-order valence-electron chi connectivity index (χ3n) is 4.75. The molecule has 0 radical (unpaired) electrons. The van der Waals surface area contributed by atoms with Gasteiger partial charge in [-0.15, -0.1) is 0 Å². The maximum atomic E-state index is 12.9. The number of hydrogen-bond donors (Lipinski definition) is 1. The fourth-order valence-electron chi connectivity index (χ4n) is 3.11. The van der Waals surface area contributed by atoms with Gasteiger partial charge < -0.3 is 9.84 Å². The van der Waals surface area contributed by atoms with Crippen LogP contribution in [0, 0.1) is 0 Å². The molecule has 0 atom stereocenters. The Labute approximate surface area is 180 Å². The molecule has 0 aliphatic carbocycles. The molecule has 0 fully saturated rings. The quantitative estimate of drug-likeness (QED) is 0.420. The molecular formula is C23H21NO6S. The lowest BCUT2D eigenvalue weighted by atomic mass is 10.0. The van der Waals surface area contributed by atoms with Crippen LogP contribution in [0.2, 0.25) is 0 Å². The Morgan fingerprint density at radius 1 is 1.16 bits per heavy atom. The van der Waals surface area contributed by atoms with E-state index >= 15 is 0 Å². The fraction of sp³-hybridized carbons (Fsp3) is 0.174. The minimum absolute atomic E-state index is 0.0228. The van der Waals surface area contributed by atoms with E-state index in [-0.39, 0.29) is 39.2 Å². The van der Waals surface area contributed by atoms with Crippen LogP contribution < -0.4 is 4.74 Å². The van der Waals surface area contributed by atoms with Crippen molar-refractivity contribution in [3.8, 4) is 11.5 Å². The monoisotopic (exact) mass is 439 g/mol. The number of phenolic OH excluding ortho intramolecular Hbond substituents is 1. The highest BCUT2D eigenvalue weighted by molar-refractivity contribution is 7.91. The van der Waals surface area contributed by atoms with Gasteiger partial charge in [0.25, 0.3) is 0 Å². The van der Waals surface area contributed by atoms with Gasteiger partial charge in [0.2, 0.25) is 9.84 Å². The number of hydrogen-bond acceptors (Lipinski definition) is 7. The minimum atomic E-state index is -3.91. The maximum Gasteiger partial charge on any atom is 0.223 e. The van der Waals surface area contributed by atoms with E-state index in [0.29, 0.717) is 29.6 Å². The Hall–Kier alpha value is -3.52. The Morgan fingerprint density at radius 3 is 2.61 bits per heavy atom. The summed E-state index contributed by atoms with van der Waals surface area (Å²) in [4.78, 5) is 26.5. The number of nitrogens with zero attached hydrogens (tertiary/aromatic N) is 1. The lowest BCUT2D eigenvalue weighted by Gasteiger charge is -2.14. The van der Waals surface area contributed by atoms with Crippen LogP contribution in [0.3, 0.4) is 0 Å². The van der Waals surface area contributed by atoms with Gasteiger partial charge in [-0.1, -0.05) is 19.1 Å². The Morgan fingerprint density at radius 2 is 1.94 bits per heavy atom. The predicted octanol–water partition coefficient (Wildman–Crippen LogP) is 3.78. The first kappa shape index (κ1) is 22.2. The number of aromatic hydroxyl groups is 1. The first-order valence-electron chi connectivity index (χ1n) is 9.51. The standard InChI is InChI=1S/C23H21NO6S/c1-3-19-21(8-7-20(15(2)26)23(19)27)30-14-17-5-4-6-18(11-17)31(28,29)22-12-16(13-25)9-10-24-22/h4-13,27H,3,14H2,1-2H3. The van der Waals surface area contributed by atoms with Crippen molar-refractivity contribution in [3.05, 3.63) is 77.0 Å². The second kappa shape index (κ2) is 9.09. The average molecular weight is 439 g/mol. The van der Waals surface area contributed by atoms with E-state index in [9.17, 15) is 23.1 Å². The lowest BCUT2D eigenvalue weighted by Crippen LogP contribution is -2.06. The number of ketones is 1. The van der Waals surface area contributed by atoms with Crippen molar-refractivity contribution in [2.45, 2.75) is 36.8 Å². The van der Waals surface area contributed by atoms with Crippen LogP contribution in [0.1, 0.15) is 45.7 Å². The summed E-state index contributed by atoms with van der Waals surface area (Å²) >= 11 is 0. The fourth-order valence-corrected chi connectivity index (χ4v) is 4.40. The van der Waals surface area contributed by atoms with E-state index < -0.39 is 9.84 Å². The number of rotatable bonds is 8. The Bertz CT molecular complexity index is 1250. The Balaban J connectivity index is 1.87. The van der Waals surface area contributed by atoms with E-state index in [1.807, 2.05) is 6.92 Å². The van der Waals surface area contributed by atoms with E-state index in [0.717, 1.165) is 0 Å². The number of phenols is 1. The summed E-state index contributed by atoms with van der Waals surface area (Å²) in [5.74, 6) is 0.0625. The van der Waals surface area contributed by atoms with E-state index in [2.05, 4.69) is 4.98 Å². The summed E-state index contributed by atoms with van der Waals surface area (Å²) in [5.41, 5.74) is 1.53. The number of carbonyl (C=O) groups excluding carboxylic acids is 2. The number of benzene rings is 2. The average Bonchev–Trinajstić information content (AvgIpc) is 2.77. The van der Waals surface area contributed by atoms with Crippen molar-refractivity contribution in [2.24, 2.45) is 0 Å². The highest BCUT2D eigenvalue weighted by Gasteiger charge is 2.20. The molecule has 0 spiro atoms. The topological polar surface area (TPSA) is 111 Å². The summed E-state index contributed by atoms with van der Waals surface area (Å²) in [7, 11) is -3.91. The second-order valence-electron chi connectivity index (χ2n) is 6.83. The summed E-state index contributed by atoms with van der Waals surface area (Å²) < 4.78 is 31.6. The van der Waals surface area contributed by atoms with Crippen LogP contribution >= 0.6 is 0 Å². The van der Waals surface area contributed by atoms with E-state index in [1.165, 1.54) is 43.5 Å². The zero-order valence-electron chi connectivity index (χ0n) is 17.0. The van der Waals surface area contributed by atoms with Crippen molar-refractivity contribution in [1.82, 2.24) is 4.98 Å². The van der Waals surface area contributed by atoms with Crippen LogP contribution in [-0.4, -0.2) is 30.6 Å². The van der Waals surface area contributed by atoms with Crippen LogP contribution in [0.5, 0.6) is 11.5 Å². The number of pyridine rings is 1. The van der Waals surface area contributed by atoms with Gasteiger partial charge in [-0.25, -0.2) is 13.4 Å². The second-order valence-corrected chi connectivity index (χ2v) is 8.73. The van der Waals surface area contributed by atoms with Crippen LogP contribution in [0.25, 0.3) is 0 Å². The van der Waals surface area contributed by atoms with Gasteiger partial charge in [0.05, 0.1) is 10.5 Å². The molecule has 0 aliphatic rings. The largest absolute Gasteiger partial charge is 0.507 e. The predicted molar refractivity (Wildman–Crippen MR) is 113 cm³/mol. The van der Waals surface area contributed by atoms with Gasteiger partial charge in [0.15, 0.2) is 10.8 Å². The third-order valence-corrected chi connectivity index (χ3v) is 6.39. The summed E-state index contributed by atoms with van der Waals surface area (Å²) in [6, 6.07) is 12.0. The van der Waals surface area contributed by atoms with Crippen molar-refractivity contribution >= 4 is 21.9 Å². The zero-order valence-corrected chi connectivity index (χ0v) is 17.8. The number of ether oxygens (including phenoxy) is 1. The molecule has 0 saturated carbocycles. The van der Waals surface area contributed by atoms with Gasteiger partial charge in [0, 0.05) is 17.3 Å². The number of aldehydes is 1. The van der Waals surface area contributed by atoms with Crippen molar-refractivity contribution in [1.29, 1.82) is 0 Å². The van der Waals surface area contributed by atoms with Crippen molar-refractivity contribution in [2.75, 3.05) is 0 Å². The molecule has 8 heteroatoms. The summed E-state index contributed by atoms with van der Waals surface area (Å²) in [5, 5.41) is 10.1. The number of Topliss-reactive ketones (excluding diaryl/α,β-unsaturated/α-hetero) is 1. The number of aromatic nitrogens is 1. The smallest absolute Gasteiger partial charge is 0.223 e. The molecule has 1 heterocycles.